The van der Waals surface area contributed by atoms with Gasteiger partial charge in [-0.3, -0.25) is 14.6 Å². The maximum absolute atomic E-state index is 12.1. The zero-order valence-corrected chi connectivity index (χ0v) is 11.1. The molecule has 2 aliphatic heterocycles. The Hall–Kier alpha value is -1.91. The number of allylic oxidation sites excluding steroid dienone is 2. The van der Waals surface area contributed by atoms with Crippen LogP contribution in [0, 0.1) is 5.92 Å². The SMILES string of the molecule is C=C1CCC(NC(=O)C2=CCC(C)CN=C2)C(=O)N1. The van der Waals surface area contributed by atoms with E-state index in [1.165, 1.54) is 0 Å². The molecule has 102 valence electrons. The summed E-state index contributed by atoms with van der Waals surface area (Å²) in [5, 5.41) is 5.41. The standard InChI is InChI=1S/C14H19N3O2/c1-9-3-5-11(8-15-7-9)13(18)17-12-6-4-10(2)16-14(12)19/h5,8-9,12H,2-4,6-7H2,1H3,(H,16,19)(H,17,18). The Labute approximate surface area is 112 Å². The van der Waals surface area contributed by atoms with Crippen molar-refractivity contribution >= 4 is 18.0 Å². The van der Waals surface area contributed by atoms with E-state index in [1.54, 1.807) is 6.21 Å². The van der Waals surface area contributed by atoms with Gasteiger partial charge in [0, 0.05) is 18.5 Å². The van der Waals surface area contributed by atoms with E-state index in [2.05, 4.69) is 29.1 Å². The van der Waals surface area contributed by atoms with Crippen LogP contribution in [0.4, 0.5) is 0 Å². The molecule has 19 heavy (non-hydrogen) atoms. The summed E-state index contributed by atoms with van der Waals surface area (Å²) in [5.74, 6) is 0.0255. The molecule has 2 N–H and O–H groups in total. The van der Waals surface area contributed by atoms with Crippen molar-refractivity contribution in [2.75, 3.05) is 6.54 Å². The minimum absolute atomic E-state index is 0.191. The van der Waals surface area contributed by atoms with Crippen LogP contribution in [0.25, 0.3) is 0 Å². The van der Waals surface area contributed by atoms with Crippen LogP contribution in [0.3, 0.4) is 0 Å². The molecule has 2 atom stereocenters. The van der Waals surface area contributed by atoms with Crippen molar-refractivity contribution in [1.82, 2.24) is 10.6 Å². The number of amides is 2. The first kappa shape index (κ1) is 13.5. The summed E-state index contributed by atoms with van der Waals surface area (Å²) in [7, 11) is 0. The van der Waals surface area contributed by atoms with E-state index in [1.807, 2.05) is 6.08 Å². The van der Waals surface area contributed by atoms with Gasteiger partial charge in [-0.1, -0.05) is 19.6 Å². The Bertz CT molecular complexity index is 465. The smallest absolute Gasteiger partial charge is 0.253 e. The number of nitrogens with zero attached hydrogens (tertiary/aromatic N) is 1. The molecule has 0 radical (unpaired) electrons. The summed E-state index contributed by atoms with van der Waals surface area (Å²) in [4.78, 5) is 28.0. The number of hydrogen-bond acceptors (Lipinski definition) is 3. The summed E-state index contributed by atoms with van der Waals surface area (Å²) in [5.41, 5.74) is 1.25. The topological polar surface area (TPSA) is 70.6 Å². The van der Waals surface area contributed by atoms with Gasteiger partial charge in [0.05, 0.1) is 5.57 Å². The number of aliphatic imine (C=N–C) groups is 1. The Balaban J connectivity index is 1.97. The van der Waals surface area contributed by atoms with Gasteiger partial charge in [0.2, 0.25) is 5.91 Å². The minimum Gasteiger partial charge on any atom is -0.340 e. The van der Waals surface area contributed by atoms with E-state index in [9.17, 15) is 9.59 Å². The number of hydrogen-bond donors (Lipinski definition) is 2. The summed E-state index contributed by atoms with van der Waals surface area (Å²) >= 11 is 0. The predicted octanol–water partition coefficient (Wildman–Crippen LogP) is 0.932. The first-order valence-electron chi connectivity index (χ1n) is 6.55. The molecule has 2 amide bonds. The van der Waals surface area contributed by atoms with Gasteiger partial charge in [-0.25, -0.2) is 0 Å². The maximum Gasteiger partial charge on any atom is 0.253 e. The summed E-state index contributed by atoms with van der Waals surface area (Å²) in [6.45, 7) is 6.54. The van der Waals surface area contributed by atoms with Crippen molar-refractivity contribution in [2.24, 2.45) is 10.9 Å². The van der Waals surface area contributed by atoms with Gasteiger partial charge >= 0.3 is 0 Å². The van der Waals surface area contributed by atoms with Gasteiger partial charge in [0.1, 0.15) is 6.04 Å². The fourth-order valence-corrected chi connectivity index (χ4v) is 2.09. The Morgan fingerprint density at radius 2 is 2.37 bits per heavy atom. The second-order valence-electron chi connectivity index (χ2n) is 5.15. The first-order valence-corrected chi connectivity index (χ1v) is 6.55. The van der Waals surface area contributed by atoms with Crippen LogP contribution in [0.2, 0.25) is 0 Å². The van der Waals surface area contributed by atoms with Crippen LogP contribution in [0.5, 0.6) is 0 Å². The predicted molar refractivity (Wildman–Crippen MR) is 73.7 cm³/mol. The number of carbonyl (C=O) groups is 2. The minimum atomic E-state index is -0.479. The lowest BCUT2D eigenvalue weighted by Crippen LogP contribution is -2.49. The molecule has 0 aliphatic carbocycles. The monoisotopic (exact) mass is 261 g/mol. The van der Waals surface area contributed by atoms with Gasteiger partial charge in [-0.15, -0.1) is 0 Å². The highest BCUT2D eigenvalue weighted by Crippen LogP contribution is 2.13. The van der Waals surface area contributed by atoms with Crippen molar-refractivity contribution < 1.29 is 9.59 Å². The lowest BCUT2D eigenvalue weighted by Gasteiger charge is -2.24. The summed E-state index contributed by atoms with van der Waals surface area (Å²) < 4.78 is 0. The number of carbonyl (C=O) groups excluding carboxylic acids is 2. The van der Waals surface area contributed by atoms with Crippen molar-refractivity contribution in [3.63, 3.8) is 0 Å². The van der Waals surface area contributed by atoms with Crippen molar-refractivity contribution in [2.45, 2.75) is 32.2 Å². The lowest BCUT2D eigenvalue weighted by molar-refractivity contribution is -0.127. The van der Waals surface area contributed by atoms with Crippen molar-refractivity contribution in [3.8, 4) is 0 Å². The molecule has 2 heterocycles. The molecule has 5 nitrogen and oxygen atoms in total. The van der Waals surface area contributed by atoms with Gasteiger partial charge < -0.3 is 10.6 Å². The average molecular weight is 261 g/mol. The van der Waals surface area contributed by atoms with Gasteiger partial charge in [-0.2, -0.15) is 0 Å². The summed E-state index contributed by atoms with van der Waals surface area (Å²) in [6.07, 6.45) is 5.60. The van der Waals surface area contributed by atoms with Crippen molar-refractivity contribution in [1.29, 1.82) is 0 Å². The van der Waals surface area contributed by atoms with Crippen LogP contribution in [0.15, 0.2) is 28.9 Å². The van der Waals surface area contributed by atoms with E-state index < -0.39 is 6.04 Å². The zero-order valence-electron chi connectivity index (χ0n) is 11.1. The van der Waals surface area contributed by atoms with Gasteiger partial charge in [0.15, 0.2) is 0 Å². The molecular weight excluding hydrogens is 242 g/mol. The third-order valence-electron chi connectivity index (χ3n) is 3.31. The van der Waals surface area contributed by atoms with Gasteiger partial charge in [0.25, 0.3) is 5.91 Å². The highest BCUT2D eigenvalue weighted by atomic mass is 16.2. The van der Waals surface area contributed by atoms with E-state index in [4.69, 9.17) is 0 Å². The second kappa shape index (κ2) is 5.82. The molecule has 0 aromatic heterocycles. The lowest BCUT2D eigenvalue weighted by atomic mass is 10.0. The zero-order chi connectivity index (χ0) is 13.8. The normalized spacial score (nSPS) is 27.3. The molecule has 0 spiro atoms. The highest BCUT2D eigenvalue weighted by Gasteiger charge is 2.26. The van der Waals surface area contributed by atoms with Crippen molar-refractivity contribution in [3.05, 3.63) is 23.9 Å². The molecule has 1 fully saturated rings. The van der Waals surface area contributed by atoms with E-state index in [0.717, 1.165) is 13.0 Å². The van der Waals surface area contributed by atoms with Crippen LogP contribution in [-0.4, -0.2) is 30.6 Å². The van der Waals surface area contributed by atoms with E-state index in [-0.39, 0.29) is 11.8 Å². The molecular formula is C14H19N3O2. The van der Waals surface area contributed by atoms with Crippen LogP contribution >= 0.6 is 0 Å². The highest BCUT2D eigenvalue weighted by molar-refractivity contribution is 6.13. The molecule has 5 heteroatoms. The molecule has 0 bridgehead atoms. The van der Waals surface area contributed by atoms with Crippen LogP contribution < -0.4 is 10.6 Å². The fraction of sp³-hybridized carbons (Fsp3) is 0.500. The molecule has 2 rings (SSSR count). The first-order chi connectivity index (χ1) is 9.06. The van der Waals surface area contributed by atoms with Crippen LogP contribution in [-0.2, 0) is 9.59 Å². The molecule has 2 unspecified atom stereocenters. The Morgan fingerprint density at radius 3 is 3.11 bits per heavy atom. The molecule has 2 aliphatic rings. The number of nitrogens with one attached hydrogen (secondary N) is 2. The van der Waals surface area contributed by atoms with Crippen LogP contribution in [0.1, 0.15) is 26.2 Å². The average Bonchev–Trinajstić information content (AvgIpc) is 2.57. The summed E-state index contributed by atoms with van der Waals surface area (Å²) in [6, 6.07) is -0.479. The maximum atomic E-state index is 12.1. The second-order valence-corrected chi connectivity index (χ2v) is 5.15. The number of piperidine rings is 1. The Kier molecular flexibility index (Phi) is 4.14. The number of rotatable bonds is 2. The quantitative estimate of drug-likeness (QED) is 0.776. The van der Waals surface area contributed by atoms with E-state index >= 15 is 0 Å². The van der Waals surface area contributed by atoms with Gasteiger partial charge in [-0.05, 0) is 25.2 Å². The molecule has 0 saturated carbocycles. The molecule has 0 aromatic rings. The molecule has 0 aromatic carbocycles. The largest absolute Gasteiger partial charge is 0.340 e. The third kappa shape index (κ3) is 3.53. The fourth-order valence-electron chi connectivity index (χ4n) is 2.09. The third-order valence-corrected chi connectivity index (χ3v) is 3.31. The van der Waals surface area contributed by atoms with E-state index in [0.29, 0.717) is 30.0 Å². The Morgan fingerprint density at radius 1 is 1.58 bits per heavy atom. The molecule has 1 saturated heterocycles.